The van der Waals surface area contributed by atoms with Gasteiger partial charge in [0.2, 0.25) is 11.7 Å². The van der Waals surface area contributed by atoms with E-state index in [1.807, 2.05) is 6.07 Å². The van der Waals surface area contributed by atoms with Gasteiger partial charge in [0.1, 0.15) is 6.10 Å². The first kappa shape index (κ1) is 26.6. The van der Waals surface area contributed by atoms with E-state index in [9.17, 15) is 15.0 Å². The highest BCUT2D eigenvalue weighted by molar-refractivity contribution is 7.16. The maximum absolute atomic E-state index is 12.2. The fourth-order valence-corrected chi connectivity index (χ4v) is 6.33. The molecule has 2 fully saturated rings. The topological polar surface area (TPSA) is 125 Å². The number of carbonyl (C=O) groups is 1. The molecule has 5 rings (SSSR count). The Balaban J connectivity index is 1.56. The Bertz CT molecular complexity index is 1390. The third kappa shape index (κ3) is 5.29. The van der Waals surface area contributed by atoms with Crippen molar-refractivity contribution in [3.8, 4) is 11.8 Å². The third-order valence-corrected chi connectivity index (χ3v) is 8.81. The number of rotatable bonds is 8. The molecule has 0 aliphatic heterocycles. The van der Waals surface area contributed by atoms with E-state index in [0.717, 1.165) is 11.4 Å². The van der Waals surface area contributed by atoms with E-state index in [1.54, 1.807) is 30.1 Å². The Morgan fingerprint density at radius 3 is 2.74 bits per heavy atom. The van der Waals surface area contributed by atoms with E-state index in [0.29, 0.717) is 39.5 Å². The van der Waals surface area contributed by atoms with Gasteiger partial charge in [-0.1, -0.05) is 24.1 Å². The zero-order valence-corrected chi connectivity index (χ0v) is 22.7. The minimum Gasteiger partial charge on any atom is -0.390 e. The van der Waals surface area contributed by atoms with E-state index >= 15 is 0 Å². The van der Waals surface area contributed by atoms with Gasteiger partial charge in [0, 0.05) is 25.9 Å². The molecule has 9 nitrogen and oxygen atoms in total. The summed E-state index contributed by atoms with van der Waals surface area (Å²) < 4.78 is 2.45. The summed E-state index contributed by atoms with van der Waals surface area (Å²) in [5.74, 6) is 6.72. The molecule has 5 atom stereocenters. The van der Waals surface area contributed by atoms with Gasteiger partial charge in [-0.3, -0.25) is 4.79 Å². The van der Waals surface area contributed by atoms with Crippen molar-refractivity contribution in [3.05, 3.63) is 46.2 Å². The van der Waals surface area contributed by atoms with Crippen LogP contribution in [0.5, 0.6) is 0 Å². The van der Waals surface area contributed by atoms with Crippen LogP contribution >= 0.6 is 22.9 Å². The molecule has 1 unspecified atom stereocenters. The van der Waals surface area contributed by atoms with Gasteiger partial charge in [0.25, 0.3) is 0 Å². The number of fused-ring (bicyclic) bond motifs is 1. The summed E-state index contributed by atoms with van der Waals surface area (Å²) >= 11 is 7.43. The summed E-state index contributed by atoms with van der Waals surface area (Å²) in [4.78, 5) is 27.0. The molecular weight excluding hydrogens is 524 g/mol. The fraction of sp³-hybridized carbons (Fsp3) is 0.481. The molecule has 3 aromatic rings. The molecule has 11 heteroatoms. The van der Waals surface area contributed by atoms with Crippen molar-refractivity contribution in [1.82, 2.24) is 24.8 Å². The second kappa shape index (κ2) is 11.4. The number of aliphatic hydroxyl groups is 2. The number of aromatic nitrogens is 4. The maximum Gasteiger partial charge on any atom is 0.220 e. The van der Waals surface area contributed by atoms with Gasteiger partial charge in [0.05, 0.1) is 27.7 Å². The Hall–Kier alpha value is -2.97. The summed E-state index contributed by atoms with van der Waals surface area (Å²) in [6.07, 6.45) is 5.39. The Morgan fingerprint density at radius 1 is 1.26 bits per heavy atom. The molecule has 0 bridgehead atoms. The van der Waals surface area contributed by atoms with Crippen LogP contribution in [0.1, 0.15) is 48.8 Å². The predicted octanol–water partition coefficient (Wildman–Crippen LogP) is 3.37. The number of aliphatic hydroxyl groups excluding tert-OH is 2. The van der Waals surface area contributed by atoms with Crippen LogP contribution in [0.4, 0.5) is 5.82 Å². The van der Waals surface area contributed by atoms with Crippen molar-refractivity contribution in [1.29, 1.82) is 0 Å². The zero-order chi connectivity index (χ0) is 26.8. The van der Waals surface area contributed by atoms with Crippen molar-refractivity contribution in [3.63, 3.8) is 0 Å². The largest absolute Gasteiger partial charge is 0.390 e. The van der Waals surface area contributed by atoms with Gasteiger partial charge in [-0.15, -0.1) is 17.9 Å². The smallest absolute Gasteiger partial charge is 0.220 e. The van der Waals surface area contributed by atoms with Crippen LogP contribution in [-0.4, -0.2) is 61.4 Å². The SMILES string of the molecule is C=CCC1[C@@H](n2cnc3c(NCC4CCC4)nc(C#Cc4ccc(Cl)s4)nc32)[C@H](O)[C@H](O)[C@H]1CC(=O)NC. The molecule has 0 radical (unpaired) electrons. The van der Waals surface area contributed by atoms with Gasteiger partial charge < -0.3 is 25.4 Å². The van der Waals surface area contributed by atoms with Crippen molar-refractivity contribution in [2.24, 2.45) is 17.8 Å². The quantitative estimate of drug-likeness (QED) is 0.248. The van der Waals surface area contributed by atoms with Crippen LogP contribution in [0.25, 0.3) is 11.2 Å². The first-order valence-corrected chi connectivity index (χ1v) is 14.0. The van der Waals surface area contributed by atoms with Gasteiger partial charge in [-0.05, 0) is 55.1 Å². The number of amides is 1. The molecule has 2 aliphatic carbocycles. The average molecular weight is 555 g/mol. The summed E-state index contributed by atoms with van der Waals surface area (Å²) in [6, 6.07) is 3.08. The Kier molecular flexibility index (Phi) is 8.00. The zero-order valence-electron chi connectivity index (χ0n) is 21.1. The molecule has 2 saturated carbocycles. The number of allylic oxidation sites excluding steroid dienone is 1. The third-order valence-electron chi connectivity index (χ3n) is 7.66. The van der Waals surface area contributed by atoms with Crippen LogP contribution in [0.2, 0.25) is 4.34 Å². The number of nitrogens with one attached hydrogen (secondary N) is 2. The number of thiophene rings is 1. The standard InChI is InChI=1S/C27H31ClN6O3S/c1-3-5-17-18(12-21(35)29-2)24(36)25(37)23(17)34-14-31-22-26(30-13-15-6-4-7-15)32-20(33-27(22)34)11-9-16-8-10-19(28)38-16/h3,8,10,14-15,17-18,23-25,36-37H,1,4-7,12-13H2,2H3,(H,29,35)(H,30,32,33)/t17?,18-,23+,24+,25-/m0/s1. The summed E-state index contributed by atoms with van der Waals surface area (Å²) in [6.45, 7) is 4.65. The number of nitrogens with zero attached hydrogens (tertiary/aromatic N) is 4. The lowest BCUT2D eigenvalue weighted by atomic mass is 9.85. The number of hydrogen-bond donors (Lipinski definition) is 4. The number of anilines is 1. The number of carbonyl (C=O) groups excluding carboxylic acids is 1. The summed E-state index contributed by atoms with van der Waals surface area (Å²) in [7, 11) is 1.56. The molecule has 2 aliphatic rings. The summed E-state index contributed by atoms with van der Waals surface area (Å²) in [5, 5.41) is 28.2. The molecule has 3 heterocycles. The predicted molar refractivity (Wildman–Crippen MR) is 148 cm³/mol. The van der Waals surface area contributed by atoms with Crippen LogP contribution in [0, 0.1) is 29.6 Å². The van der Waals surface area contributed by atoms with Crippen LogP contribution in [-0.2, 0) is 4.79 Å². The van der Waals surface area contributed by atoms with Crippen molar-refractivity contribution >= 4 is 45.8 Å². The van der Waals surface area contributed by atoms with Crippen LogP contribution in [0.3, 0.4) is 0 Å². The molecule has 0 aromatic carbocycles. The molecule has 1 amide bonds. The van der Waals surface area contributed by atoms with Gasteiger partial charge >= 0.3 is 0 Å². The van der Waals surface area contributed by atoms with Crippen molar-refractivity contribution in [2.75, 3.05) is 18.9 Å². The van der Waals surface area contributed by atoms with Gasteiger partial charge in [-0.2, -0.15) is 0 Å². The van der Waals surface area contributed by atoms with E-state index in [4.69, 9.17) is 16.6 Å². The van der Waals surface area contributed by atoms with E-state index in [1.165, 1.54) is 30.6 Å². The van der Waals surface area contributed by atoms with Crippen molar-refractivity contribution in [2.45, 2.75) is 50.4 Å². The molecule has 0 saturated heterocycles. The second-order valence-corrected chi connectivity index (χ2v) is 11.7. The van der Waals surface area contributed by atoms with Crippen LogP contribution < -0.4 is 10.6 Å². The Morgan fingerprint density at radius 2 is 2.08 bits per heavy atom. The normalized spacial score (nSPS) is 25.0. The van der Waals surface area contributed by atoms with E-state index in [2.05, 4.69) is 39.0 Å². The monoisotopic (exact) mass is 554 g/mol. The number of halogens is 1. The lowest BCUT2D eigenvalue weighted by molar-refractivity contribution is -0.122. The van der Waals surface area contributed by atoms with Gasteiger partial charge in [0.15, 0.2) is 17.0 Å². The molecule has 3 aromatic heterocycles. The minimum absolute atomic E-state index is 0.0969. The molecule has 38 heavy (non-hydrogen) atoms. The second-order valence-electron chi connectivity index (χ2n) is 9.95. The molecule has 200 valence electrons. The summed E-state index contributed by atoms with van der Waals surface area (Å²) in [5.41, 5.74) is 1.08. The highest BCUT2D eigenvalue weighted by Crippen LogP contribution is 2.45. The van der Waals surface area contributed by atoms with Gasteiger partial charge in [-0.25, -0.2) is 15.0 Å². The first-order valence-electron chi connectivity index (χ1n) is 12.8. The van der Waals surface area contributed by atoms with Crippen LogP contribution in [0.15, 0.2) is 31.1 Å². The number of hydrogen-bond acceptors (Lipinski definition) is 8. The molecule has 4 N–H and O–H groups in total. The van der Waals surface area contributed by atoms with Crippen molar-refractivity contribution < 1.29 is 15.0 Å². The molecular formula is C27H31ClN6O3S. The fourth-order valence-electron chi connectivity index (χ4n) is 5.43. The number of imidazole rings is 1. The highest BCUT2D eigenvalue weighted by Gasteiger charge is 2.50. The Labute approximate surface area is 230 Å². The average Bonchev–Trinajstić information content (AvgIpc) is 3.55. The maximum atomic E-state index is 12.2. The lowest BCUT2D eigenvalue weighted by Gasteiger charge is -2.26. The molecule has 0 spiro atoms. The van der Waals surface area contributed by atoms with E-state index < -0.39 is 24.2 Å². The lowest BCUT2D eigenvalue weighted by Crippen LogP contribution is -2.31. The first-order chi connectivity index (χ1) is 18.4. The minimum atomic E-state index is -1.11. The van der Waals surface area contributed by atoms with E-state index in [-0.39, 0.29) is 18.2 Å². The highest BCUT2D eigenvalue weighted by atomic mass is 35.5.